The van der Waals surface area contributed by atoms with E-state index in [-0.39, 0.29) is 12.1 Å². The lowest BCUT2D eigenvalue weighted by molar-refractivity contribution is 0.0413. The first-order chi connectivity index (χ1) is 5.20. The number of carbonyl (C=O) groups excluding carboxylic acids is 1. The highest BCUT2D eigenvalue weighted by Gasteiger charge is 2.32. The SMILES string of the molecule is Cc1[nH]nc2c1C(=O)OC2C. The molecule has 1 aliphatic heterocycles. The lowest BCUT2D eigenvalue weighted by atomic mass is 10.2. The van der Waals surface area contributed by atoms with E-state index < -0.39 is 0 Å². The Bertz CT molecular complexity index is 316. The van der Waals surface area contributed by atoms with Gasteiger partial charge in [0.2, 0.25) is 0 Å². The molecule has 0 radical (unpaired) electrons. The molecule has 0 fully saturated rings. The summed E-state index contributed by atoms with van der Waals surface area (Å²) in [5.41, 5.74) is 2.12. The maximum absolute atomic E-state index is 11.1. The third-order valence-electron chi connectivity index (χ3n) is 1.85. The number of carbonyl (C=O) groups is 1. The van der Waals surface area contributed by atoms with Crippen LogP contribution in [0.1, 0.15) is 34.8 Å². The molecule has 1 atom stereocenters. The van der Waals surface area contributed by atoms with Gasteiger partial charge in [-0.3, -0.25) is 5.10 Å². The zero-order chi connectivity index (χ0) is 8.01. The number of H-pyrrole nitrogens is 1. The third kappa shape index (κ3) is 0.691. The number of nitrogens with one attached hydrogen (secondary N) is 1. The smallest absolute Gasteiger partial charge is 0.342 e. The zero-order valence-electron chi connectivity index (χ0n) is 6.34. The maximum atomic E-state index is 11.1. The van der Waals surface area contributed by atoms with Crippen LogP contribution in [0, 0.1) is 6.92 Å². The average molecular weight is 152 g/mol. The second kappa shape index (κ2) is 1.84. The largest absolute Gasteiger partial charge is 0.452 e. The second-order valence-corrected chi connectivity index (χ2v) is 2.66. The van der Waals surface area contributed by atoms with Crippen molar-refractivity contribution in [2.45, 2.75) is 20.0 Å². The summed E-state index contributed by atoms with van der Waals surface area (Å²) >= 11 is 0. The number of esters is 1. The lowest BCUT2D eigenvalue weighted by Crippen LogP contribution is -1.97. The third-order valence-corrected chi connectivity index (χ3v) is 1.85. The Kier molecular flexibility index (Phi) is 1.07. The zero-order valence-corrected chi connectivity index (χ0v) is 6.34. The first kappa shape index (κ1) is 6.39. The van der Waals surface area contributed by atoms with Crippen LogP contribution in [0.25, 0.3) is 0 Å². The molecule has 1 aromatic heterocycles. The Balaban J connectivity index is 2.63. The van der Waals surface area contributed by atoms with Crippen LogP contribution in [-0.4, -0.2) is 16.2 Å². The van der Waals surface area contributed by atoms with E-state index in [1.807, 2.05) is 13.8 Å². The van der Waals surface area contributed by atoms with Gasteiger partial charge in [-0.2, -0.15) is 5.10 Å². The number of aromatic amines is 1. The van der Waals surface area contributed by atoms with Crippen molar-refractivity contribution >= 4 is 5.97 Å². The highest BCUT2D eigenvalue weighted by Crippen LogP contribution is 2.29. The summed E-state index contributed by atoms with van der Waals surface area (Å²) in [6.45, 7) is 3.62. The second-order valence-electron chi connectivity index (χ2n) is 2.66. The average Bonchev–Trinajstić information content (AvgIpc) is 2.41. The Labute approximate surface area is 63.6 Å². The van der Waals surface area contributed by atoms with Gasteiger partial charge in [-0.1, -0.05) is 0 Å². The molecule has 4 nitrogen and oxygen atoms in total. The van der Waals surface area contributed by atoms with Crippen LogP contribution >= 0.6 is 0 Å². The number of hydrogen-bond donors (Lipinski definition) is 1. The summed E-state index contributed by atoms with van der Waals surface area (Å²) in [6.07, 6.45) is -0.192. The van der Waals surface area contributed by atoms with Crippen molar-refractivity contribution in [3.05, 3.63) is 17.0 Å². The van der Waals surface area contributed by atoms with Gasteiger partial charge in [-0.25, -0.2) is 4.79 Å². The lowest BCUT2D eigenvalue weighted by Gasteiger charge is -1.98. The molecule has 0 bridgehead atoms. The minimum Gasteiger partial charge on any atom is -0.452 e. The number of nitrogens with zero attached hydrogens (tertiary/aromatic N) is 1. The summed E-state index contributed by atoms with van der Waals surface area (Å²) in [5, 5.41) is 6.71. The molecule has 1 unspecified atom stereocenters. The van der Waals surface area contributed by atoms with Gasteiger partial charge in [0.15, 0.2) is 0 Å². The van der Waals surface area contributed by atoms with E-state index in [0.717, 1.165) is 11.4 Å². The summed E-state index contributed by atoms with van der Waals surface area (Å²) in [6, 6.07) is 0. The summed E-state index contributed by atoms with van der Waals surface area (Å²) in [7, 11) is 0. The molecule has 1 aliphatic rings. The van der Waals surface area contributed by atoms with Crippen molar-refractivity contribution in [3.8, 4) is 0 Å². The fraction of sp³-hybridized carbons (Fsp3) is 0.429. The van der Waals surface area contributed by atoms with Crippen LogP contribution in [-0.2, 0) is 4.74 Å². The van der Waals surface area contributed by atoms with Gasteiger partial charge in [-0.05, 0) is 13.8 Å². The van der Waals surface area contributed by atoms with Crippen molar-refractivity contribution < 1.29 is 9.53 Å². The Morgan fingerprint density at radius 3 is 3.00 bits per heavy atom. The highest BCUT2D eigenvalue weighted by atomic mass is 16.5. The first-order valence-electron chi connectivity index (χ1n) is 3.46. The molecule has 11 heavy (non-hydrogen) atoms. The van der Waals surface area contributed by atoms with Gasteiger partial charge in [-0.15, -0.1) is 0 Å². The van der Waals surface area contributed by atoms with Crippen molar-refractivity contribution in [3.63, 3.8) is 0 Å². The van der Waals surface area contributed by atoms with Crippen LogP contribution in [0.5, 0.6) is 0 Å². The van der Waals surface area contributed by atoms with Crippen LogP contribution in [0.4, 0.5) is 0 Å². The molecule has 0 aliphatic carbocycles. The van der Waals surface area contributed by atoms with E-state index in [0.29, 0.717) is 5.56 Å². The fourth-order valence-corrected chi connectivity index (χ4v) is 1.28. The molecule has 58 valence electrons. The normalized spacial score (nSPS) is 21.6. The Morgan fingerprint density at radius 1 is 1.64 bits per heavy atom. The fourth-order valence-electron chi connectivity index (χ4n) is 1.28. The summed E-state index contributed by atoms with van der Waals surface area (Å²) < 4.78 is 4.93. The Hall–Kier alpha value is -1.32. The number of aromatic nitrogens is 2. The van der Waals surface area contributed by atoms with Gasteiger partial charge < -0.3 is 4.74 Å². The molecule has 2 heterocycles. The number of cyclic esters (lactones) is 1. The van der Waals surface area contributed by atoms with Crippen LogP contribution < -0.4 is 0 Å². The van der Waals surface area contributed by atoms with Crippen molar-refractivity contribution in [2.24, 2.45) is 0 Å². The molecule has 2 rings (SSSR count). The van der Waals surface area contributed by atoms with Crippen molar-refractivity contribution in [1.82, 2.24) is 10.2 Å². The first-order valence-corrected chi connectivity index (χ1v) is 3.46. The quantitative estimate of drug-likeness (QED) is 0.563. The predicted octanol–water partition coefficient (Wildman–Crippen LogP) is 0.950. The predicted molar refractivity (Wildman–Crippen MR) is 37.2 cm³/mol. The van der Waals surface area contributed by atoms with E-state index >= 15 is 0 Å². The van der Waals surface area contributed by atoms with Gasteiger partial charge in [0.1, 0.15) is 17.4 Å². The minimum atomic E-state index is -0.265. The molecule has 0 amide bonds. The van der Waals surface area contributed by atoms with Gasteiger partial charge in [0.25, 0.3) is 0 Å². The summed E-state index contributed by atoms with van der Waals surface area (Å²) in [5.74, 6) is -0.265. The van der Waals surface area contributed by atoms with Crippen molar-refractivity contribution in [1.29, 1.82) is 0 Å². The van der Waals surface area contributed by atoms with Crippen LogP contribution in [0.15, 0.2) is 0 Å². The standard InChI is InChI=1S/C7H8N2O2/c1-3-5-6(9-8-3)4(2)11-7(5)10/h4H,1-2H3,(H,8,9). The van der Waals surface area contributed by atoms with E-state index in [9.17, 15) is 4.79 Å². The molecule has 0 aromatic carbocycles. The van der Waals surface area contributed by atoms with Crippen molar-refractivity contribution in [2.75, 3.05) is 0 Å². The van der Waals surface area contributed by atoms with Crippen LogP contribution in [0.3, 0.4) is 0 Å². The highest BCUT2D eigenvalue weighted by molar-refractivity contribution is 5.94. The molecular formula is C7H8N2O2. The molecule has 1 aromatic rings. The van der Waals surface area contributed by atoms with E-state index in [4.69, 9.17) is 4.74 Å². The molecule has 4 heteroatoms. The number of aryl methyl sites for hydroxylation is 1. The topological polar surface area (TPSA) is 55.0 Å². The molecule has 1 N–H and O–H groups in total. The Morgan fingerprint density at radius 2 is 2.36 bits per heavy atom. The maximum Gasteiger partial charge on any atom is 0.342 e. The van der Waals surface area contributed by atoms with Crippen LogP contribution in [0.2, 0.25) is 0 Å². The number of rotatable bonds is 0. The minimum absolute atomic E-state index is 0.192. The number of hydrogen-bond acceptors (Lipinski definition) is 3. The number of ether oxygens (including phenoxy) is 1. The van der Waals surface area contributed by atoms with E-state index in [1.54, 1.807) is 0 Å². The van der Waals surface area contributed by atoms with E-state index in [1.165, 1.54) is 0 Å². The summed E-state index contributed by atoms with van der Waals surface area (Å²) in [4.78, 5) is 11.1. The number of fused-ring (bicyclic) bond motifs is 1. The van der Waals surface area contributed by atoms with Gasteiger partial charge in [0, 0.05) is 5.69 Å². The van der Waals surface area contributed by atoms with E-state index in [2.05, 4.69) is 10.2 Å². The van der Waals surface area contributed by atoms with Gasteiger partial charge in [0.05, 0.1) is 0 Å². The molecular weight excluding hydrogens is 144 g/mol. The molecule has 0 saturated heterocycles. The molecule has 0 saturated carbocycles. The molecule has 0 spiro atoms. The monoisotopic (exact) mass is 152 g/mol. The van der Waals surface area contributed by atoms with Gasteiger partial charge >= 0.3 is 5.97 Å².